The Labute approximate surface area is 196 Å². The number of hydrogen-bond donors (Lipinski definition) is 5. The van der Waals surface area contributed by atoms with Gasteiger partial charge < -0.3 is 31.6 Å². The summed E-state index contributed by atoms with van der Waals surface area (Å²) in [6.45, 7) is 0.471. The van der Waals surface area contributed by atoms with Crippen LogP contribution in [0.15, 0.2) is 29.3 Å². The molecular weight excluding hydrogens is 431 g/mol. The van der Waals surface area contributed by atoms with Gasteiger partial charge in [-0.15, -0.1) is 12.4 Å². The number of unbranched alkanes of at least 4 members (excludes halogenated alkanes) is 1. The highest BCUT2D eigenvalue weighted by molar-refractivity contribution is 6.43. The fraction of sp³-hybridized carbons (Fsp3) is 0.636. The van der Waals surface area contributed by atoms with Crippen molar-refractivity contribution >= 4 is 31.4 Å². The van der Waals surface area contributed by atoms with Crippen LogP contribution in [0.5, 0.6) is 0 Å². The molecule has 2 bridgehead atoms. The molecule has 1 atom stereocenters. The molecule has 0 radical (unpaired) electrons. The number of ether oxygens (including phenoxy) is 1. The maximum atomic E-state index is 12.7. The van der Waals surface area contributed by atoms with Gasteiger partial charge in [0.2, 0.25) is 0 Å². The van der Waals surface area contributed by atoms with Gasteiger partial charge in [0.15, 0.2) is 5.96 Å². The van der Waals surface area contributed by atoms with E-state index in [0.717, 1.165) is 38.5 Å². The molecule has 3 saturated carbocycles. The number of aliphatic imine (C=N–C) groups is 1. The predicted molar refractivity (Wildman–Crippen MR) is 129 cm³/mol. The van der Waals surface area contributed by atoms with Crippen LogP contribution in [0.1, 0.15) is 73.7 Å². The van der Waals surface area contributed by atoms with Crippen LogP contribution in [0, 0.1) is 0 Å². The predicted octanol–water partition coefficient (Wildman–Crippen LogP) is 1.65. The molecular formula is C22H36BClN4O4. The minimum Gasteiger partial charge on any atom is -0.426 e. The third-order valence-electron chi connectivity index (χ3n) is 7.26. The second kappa shape index (κ2) is 11.4. The maximum absolute atomic E-state index is 12.7. The molecule has 10 heteroatoms. The van der Waals surface area contributed by atoms with Crippen molar-refractivity contribution in [1.29, 1.82) is 0 Å². The Bertz CT molecular complexity index is 762. The van der Waals surface area contributed by atoms with E-state index >= 15 is 0 Å². The van der Waals surface area contributed by atoms with Gasteiger partial charge in [0, 0.05) is 19.2 Å². The van der Waals surface area contributed by atoms with E-state index in [4.69, 9.17) is 16.2 Å². The number of carbonyl (C=O) groups is 1. The normalized spacial score (nSPS) is 24.8. The molecule has 0 saturated heterocycles. The van der Waals surface area contributed by atoms with E-state index < -0.39 is 13.1 Å². The average Bonchev–Trinajstić information content (AvgIpc) is 2.79. The van der Waals surface area contributed by atoms with Crippen LogP contribution in [0.4, 0.5) is 0 Å². The van der Waals surface area contributed by atoms with E-state index in [0.29, 0.717) is 31.4 Å². The molecule has 7 N–H and O–H groups in total. The first-order valence-corrected chi connectivity index (χ1v) is 11.2. The molecule has 1 amide bonds. The number of methoxy groups -OCH3 is 1. The lowest BCUT2D eigenvalue weighted by Crippen LogP contribution is -2.49. The Morgan fingerprint density at radius 1 is 1.12 bits per heavy atom. The molecule has 1 aromatic carbocycles. The van der Waals surface area contributed by atoms with E-state index in [-0.39, 0.29) is 35.3 Å². The number of amides is 1. The molecule has 32 heavy (non-hydrogen) atoms. The first-order valence-electron chi connectivity index (χ1n) is 11.2. The summed E-state index contributed by atoms with van der Waals surface area (Å²) in [6.07, 6.45) is 8.38. The van der Waals surface area contributed by atoms with Crippen LogP contribution in [-0.4, -0.2) is 54.2 Å². The summed E-state index contributed by atoms with van der Waals surface area (Å²) >= 11 is 0. The van der Waals surface area contributed by atoms with Crippen LogP contribution in [0.3, 0.4) is 0 Å². The summed E-state index contributed by atoms with van der Waals surface area (Å²) in [7, 11) is 0.197. The van der Waals surface area contributed by atoms with Crippen molar-refractivity contribution in [1.82, 2.24) is 5.32 Å². The second-order valence-corrected chi connectivity index (χ2v) is 9.04. The van der Waals surface area contributed by atoms with E-state index in [2.05, 4.69) is 22.4 Å². The lowest BCUT2D eigenvalue weighted by atomic mass is 9.56. The largest absolute Gasteiger partial charge is 0.475 e. The zero-order chi connectivity index (χ0) is 22.5. The van der Waals surface area contributed by atoms with Crippen molar-refractivity contribution in [3.63, 3.8) is 0 Å². The molecule has 0 unspecified atom stereocenters. The third kappa shape index (κ3) is 6.16. The molecule has 3 fully saturated rings. The number of hydrogen-bond acceptors (Lipinski definition) is 5. The molecule has 3 aliphatic carbocycles. The summed E-state index contributed by atoms with van der Waals surface area (Å²) in [4.78, 5) is 16.6. The van der Waals surface area contributed by atoms with E-state index in [1.165, 1.54) is 5.56 Å². The Hall–Kier alpha value is -1.81. The van der Waals surface area contributed by atoms with Crippen LogP contribution in [-0.2, 0) is 10.2 Å². The molecule has 1 aromatic rings. The first-order chi connectivity index (χ1) is 14.8. The summed E-state index contributed by atoms with van der Waals surface area (Å²) in [5.41, 5.74) is 12.6. The topological polar surface area (TPSA) is 143 Å². The Morgan fingerprint density at radius 2 is 1.72 bits per heavy atom. The van der Waals surface area contributed by atoms with Gasteiger partial charge >= 0.3 is 7.12 Å². The molecule has 0 heterocycles. The van der Waals surface area contributed by atoms with Gasteiger partial charge in [0.1, 0.15) is 0 Å². The highest BCUT2D eigenvalue weighted by atomic mass is 35.5. The third-order valence-corrected chi connectivity index (χ3v) is 7.26. The number of fused-ring (bicyclic) bond motifs is 3. The maximum Gasteiger partial charge on any atom is 0.475 e. The number of guanidine groups is 1. The number of rotatable bonds is 10. The van der Waals surface area contributed by atoms with Crippen molar-refractivity contribution < 1.29 is 19.6 Å². The summed E-state index contributed by atoms with van der Waals surface area (Å²) in [5, 5.41) is 22.0. The molecule has 0 spiro atoms. The fourth-order valence-electron chi connectivity index (χ4n) is 5.10. The summed E-state index contributed by atoms with van der Waals surface area (Å²) in [6, 6.07) is 7.79. The second-order valence-electron chi connectivity index (χ2n) is 9.04. The van der Waals surface area contributed by atoms with Crippen molar-refractivity contribution in [2.75, 3.05) is 13.7 Å². The van der Waals surface area contributed by atoms with Crippen LogP contribution < -0.4 is 16.8 Å². The SMILES string of the molecule is COC12CCC(c3ccc(C(=O)N[C@@H](CCCCN=C(N)N)B(O)O)cc3)(CC1)CC2.Cl. The van der Waals surface area contributed by atoms with Crippen molar-refractivity contribution in [3.05, 3.63) is 35.4 Å². The number of carbonyl (C=O) groups excluding carboxylic acids is 1. The highest BCUT2D eigenvalue weighted by Gasteiger charge is 2.49. The van der Waals surface area contributed by atoms with E-state index in [1.807, 2.05) is 19.2 Å². The molecule has 4 rings (SSSR count). The van der Waals surface area contributed by atoms with E-state index in [1.54, 1.807) is 0 Å². The van der Waals surface area contributed by atoms with Crippen molar-refractivity contribution in [2.24, 2.45) is 16.5 Å². The Balaban J connectivity index is 0.00000363. The Kier molecular flexibility index (Phi) is 9.39. The van der Waals surface area contributed by atoms with Crippen molar-refractivity contribution in [2.45, 2.75) is 74.7 Å². The smallest absolute Gasteiger partial charge is 0.426 e. The lowest BCUT2D eigenvalue weighted by molar-refractivity contribution is -0.0955. The number of halogens is 1. The summed E-state index contributed by atoms with van der Waals surface area (Å²) < 4.78 is 5.79. The van der Waals surface area contributed by atoms with Crippen LogP contribution in [0.2, 0.25) is 0 Å². The number of nitrogens with two attached hydrogens (primary N) is 2. The standard InChI is InChI=1S/C22H35BN4O4.ClH/c1-31-22-12-9-21(10-13-22,11-14-22)17-7-5-16(6-8-17)19(28)27-18(23(29)30)4-2-3-15-26-20(24)25;/h5-8,18,29-30H,2-4,9-15H2,1H3,(H,27,28)(H4,24,25,26);1H/t18-,21?,22?;/m0./s1. The van der Waals surface area contributed by atoms with Gasteiger partial charge in [-0.25, -0.2) is 0 Å². The lowest BCUT2D eigenvalue weighted by Gasteiger charge is -2.53. The zero-order valence-electron chi connectivity index (χ0n) is 18.8. The van der Waals surface area contributed by atoms with Gasteiger partial charge in [-0.05, 0) is 74.5 Å². The number of nitrogens with zero attached hydrogens (tertiary/aromatic N) is 1. The molecule has 0 aliphatic heterocycles. The van der Waals surface area contributed by atoms with Gasteiger partial charge in [0.25, 0.3) is 5.91 Å². The van der Waals surface area contributed by atoms with Crippen LogP contribution >= 0.6 is 12.4 Å². The monoisotopic (exact) mass is 466 g/mol. The minimum atomic E-state index is -1.63. The van der Waals surface area contributed by atoms with Gasteiger partial charge in [-0.2, -0.15) is 0 Å². The number of nitrogens with one attached hydrogen (secondary N) is 1. The van der Waals surface area contributed by atoms with Gasteiger partial charge in [0.05, 0.1) is 11.5 Å². The van der Waals surface area contributed by atoms with Crippen LogP contribution in [0.25, 0.3) is 0 Å². The highest BCUT2D eigenvalue weighted by Crippen LogP contribution is 2.54. The fourth-order valence-corrected chi connectivity index (χ4v) is 5.10. The molecule has 178 valence electrons. The van der Waals surface area contributed by atoms with E-state index in [9.17, 15) is 14.8 Å². The summed E-state index contributed by atoms with van der Waals surface area (Å²) in [5.74, 6) is -1.02. The molecule has 3 aliphatic rings. The van der Waals surface area contributed by atoms with Gasteiger partial charge in [-0.3, -0.25) is 9.79 Å². The first kappa shape index (κ1) is 26.4. The zero-order valence-corrected chi connectivity index (χ0v) is 19.6. The van der Waals surface area contributed by atoms with Crippen molar-refractivity contribution in [3.8, 4) is 0 Å². The number of benzene rings is 1. The molecule has 8 nitrogen and oxygen atoms in total. The molecule has 0 aromatic heterocycles. The quantitative estimate of drug-likeness (QED) is 0.153. The van der Waals surface area contributed by atoms with Gasteiger partial charge in [-0.1, -0.05) is 18.6 Å². The average molecular weight is 467 g/mol. The minimum absolute atomic E-state index is 0. The Morgan fingerprint density at radius 3 is 2.22 bits per heavy atom.